The van der Waals surface area contributed by atoms with E-state index in [4.69, 9.17) is 0 Å². The number of carbonyl (C=O) groups is 1. The predicted molar refractivity (Wildman–Crippen MR) is 165 cm³/mol. The first-order valence-electron chi connectivity index (χ1n) is 13.5. The number of ketones is 1. The molecule has 0 atom stereocenters. The van der Waals surface area contributed by atoms with Crippen LogP contribution in [0.4, 0.5) is 11.4 Å². The van der Waals surface area contributed by atoms with Gasteiger partial charge in [0.25, 0.3) is 0 Å². The van der Waals surface area contributed by atoms with Crippen molar-refractivity contribution in [1.82, 2.24) is 0 Å². The molecule has 0 amide bonds. The van der Waals surface area contributed by atoms with E-state index < -0.39 is 0 Å². The lowest BCUT2D eigenvalue weighted by Gasteiger charge is -2.26. The molecule has 0 saturated carbocycles. The molecule has 0 saturated heterocycles. The number of hydrogen-bond donors (Lipinski definition) is 0. The van der Waals surface area contributed by atoms with Gasteiger partial charge in [-0.1, -0.05) is 84.9 Å². The molecule has 0 N–H and O–H groups in total. The summed E-state index contributed by atoms with van der Waals surface area (Å²) in [6.07, 6.45) is 0. The number of rotatable bonds is 6. The van der Waals surface area contributed by atoms with Gasteiger partial charge in [-0.05, 0) is 103 Å². The lowest BCUT2D eigenvalue weighted by molar-refractivity contribution is 0.103. The van der Waals surface area contributed by atoms with Crippen molar-refractivity contribution in [1.29, 1.82) is 0 Å². The third-order valence-electron chi connectivity index (χ3n) is 7.75. The highest BCUT2D eigenvalue weighted by Gasteiger charge is 2.22. The summed E-state index contributed by atoms with van der Waals surface area (Å²) in [5.41, 5.74) is 13.9. The Morgan fingerprint density at radius 1 is 0.564 bits per heavy atom. The Bertz CT molecular complexity index is 1640. The van der Waals surface area contributed by atoms with E-state index in [-0.39, 0.29) is 5.78 Å². The van der Waals surface area contributed by atoms with Crippen LogP contribution in [0.5, 0.6) is 0 Å². The van der Waals surface area contributed by atoms with E-state index in [2.05, 4.69) is 119 Å². The summed E-state index contributed by atoms with van der Waals surface area (Å²) in [6.45, 7) is 10.5. The summed E-state index contributed by atoms with van der Waals surface area (Å²) in [4.78, 5) is 16.2. The Balaban J connectivity index is 1.52. The normalized spacial score (nSPS) is 10.9. The summed E-state index contributed by atoms with van der Waals surface area (Å²) in [7, 11) is 2.08. The van der Waals surface area contributed by atoms with Crippen molar-refractivity contribution in [3.8, 4) is 22.3 Å². The Hall–Kier alpha value is -4.43. The number of aryl methyl sites for hydroxylation is 4. The van der Waals surface area contributed by atoms with Gasteiger partial charge in [0, 0.05) is 29.5 Å². The molecular weight excluding hydrogens is 474 g/mol. The maximum absolute atomic E-state index is 14.0. The second-order valence-corrected chi connectivity index (χ2v) is 10.5. The topological polar surface area (TPSA) is 20.3 Å². The van der Waals surface area contributed by atoms with Gasteiger partial charge in [-0.25, -0.2) is 0 Å². The molecule has 194 valence electrons. The molecule has 0 fully saturated rings. The molecule has 0 aromatic heterocycles. The molecule has 5 rings (SSSR count). The zero-order valence-corrected chi connectivity index (χ0v) is 23.7. The Labute approximate surface area is 232 Å². The average molecular weight is 510 g/mol. The maximum atomic E-state index is 14.0. The molecular formula is C37H35NO. The van der Waals surface area contributed by atoms with E-state index >= 15 is 0 Å². The number of benzene rings is 5. The van der Waals surface area contributed by atoms with Crippen molar-refractivity contribution < 1.29 is 4.79 Å². The molecule has 2 nitrogen and oxygen atoms in total. The number of hydrogen-bond acceptors (Lipinski definition) is 2. The zero-order chi connectivity index (χ0) is 27.7. The van der Waals surface area contributed by atoms with Gasteiger partial charge in [-0.3, -0.25) is 4.79 Å². The molecule has 0 aliphatic carbocycles. The monoisotopic (exact) mass is 509 g/mol. The van der Waals surface area contributed by atoms with E-state index in [9.17, 15) is 4.79 Å². The standard InChI is InChI=1S/C37H35NO/c1-24-12-10-13-25(2)34(24)31-16-11-17-32(23-31)37(39)35-26(3)22-27(4)36(28(35)5)38(6)33-20-18-30(19-21-33)29-14-8-7-9-15-29/h7-23H,1-6H3. The lowest BCUT2D eigenvalue weighted by atomic mass is 9.89. The molecule has 0 unspecified atom stereocenters. The highest BCUT2D eigenvalue weighted by atomic mass is 16.1. The zero-order valence-electron chi connectivity index (χ0n) is 23.7. The van der Waals surface area contributed by atoms with Gasteiger partial charge < -0.3 is 4.90 Å². The third-order valence-corrected chi connectivity index (χ3v) is 7.75. The number of anilines is 2. The summed E-state index contributed by atoms with van der Waals surface area (Å²) in [5.74, 6) is 0.0622. The predicted octanol–water partition coefficient (Wildman–Crippen LogP) is 9.56. The van der Waals surface area contributed by atoms with Crippen LogP contribution in [0.1, 0.15) is 43.7 Å². The third kappa shape index (κ3) is 5.03. The first-order valence-corrected chi connectivity index (χ1v) is 13.5. The molecule has 0 aliphatic rings. The molecule has 0 aliphatic heterocycles. The molecule has 0 bridgehead atoms. The van der Waals surface area contributed by atoms with Crippen molar-refractivity contribution in [3.63, 3.8) is 0 Å². The van der Waals surface area contributed by atoms with Crippen LogP contribution in [0.2, 0.25) is 0 Å². The SMILES string of the molecule is Cc1cc(C)c(N(C)c2ccc(-c3ccccc3)cc2)c(C)c1C(=O)c1cccc(-c2c(C)cccc2C)c1. The van der Waals surface area contributed by atoms with Gasteiger partial charge in [0.15, 0.2) is 5.78 Å². The highest BCUT2D eigenvalue weighted by Crippen LogP contribution is 2.36. The molecule has 0 radical (unpaired) electrons. The van der Waals surface area contributed by atoms with E-state index in [1.54, 1.807) is 0 Å². The molecule has 39 heavy (non-hydrogen) atoms. The van der Waals surface area contributed by atoms with E-state index in [1.807, 2.05) is 31.2 Å². The minimum absolute atomic E-state index is 0.0622. The van der Waals surface area contributed by atoms with Crippen LogP contribution in [-0.4, -0.2) is 12.8 Å². The summed E-state index contributed by atoms with van der Waals surface area (Å²) >= 11 is 0. The molecule has 5 aromatic rings. The lowest BCUT2D eigenvalue weighted by Crippen LogP contribution is -2.16. The van der Waals surface area contributed by atoms with Crippen LogP contribution >= 0.6 is 0 Å². The second-order valence-electron chi connectivity index (χ2n) is 10.5. The van der Waals surface area contributed by atoms with Crippen LogP contribution in [-0.2, 0) is 0 Å². The Morgan fingerprint density at radius 3 is 1.82 bits per heavy atom. The first-order chi connectivity index (χ1) is 18.8. The van der Waals surface area contributed by atoms with Crippen LogP contribution < -0.4 is 4.90 Å². The fraction of sp³-hybridized carbons (Fsp3) is 0.162. The smallest absolute Gasteiger partial charge is 0.193 e. The van der Waals surface area contributed by atoms with Gasteiger partial charge >= 0.3 is 0 Å². The van der Waals surface area contributed by atoms with Crippen molar-refractivity contribution in [2.75, 3.05) is 11.9 Å². The van der Waals surface area contributed by atoms with Gasteiger partial charge in [-0.15, -0.1) is 0 Å². The van der Waals surface area contributed by atoms with Crippen LogP contribution in [0.3, 0.4) is 0 Å². The average Bonchev–Trinajstić information content (AvgIpc) is 2.93. The van der Waals surface area contributed by atoms with E-state index in [0.29, 0.717) is 5.56 Å². The Kier molecular flexibility index (Phi) is 7.21. The van der Waals surface area contributed by atoms with Crippen molar-refractivity contribution in [3.05, 3.63) is 142 Å². The van der Waals surface area contributed by atoms with Crippen molar-refractivity contribution in [2.24, 2.45) is 0 Å². The van der Waals surface area contributed by atoms with E-state index in [0.717, 1.165) is 39.2 Å². The summed E-state index contributed by atoms with van der Waals surface area (Å²) < 4.78 is 0. The summed E-state index contributed by atoms with van der Waals surface area (Å²) in [5, 5.41) is 0. The maximum Gasteiger partial charge on any atom is 0.193 e. The van der Waals surface area contributed by atoms with Crippen LogP contribution in [0.15, 0.2) is 103 Å². The highest BCUT2D eigenvalue weighted by molar-refractivity contribution is 6.12. The van der Waals surface area contributed by atoms with Gasteiger partial charge in [0.2, 0.25) is 0 Å². The van der Waals surface area contributed by atoms with Gasteiger partial charge in [-0.2, -0.15) is 0 Å². The summed E-state index contributed by atoms with van der Waals surface area (Å²) in [6, 6.07) is 35.6. The van der Waals surface area contributed by atoms with Crippen molar-refractivity contribution in [2.45, 2.75) is 34.6 Å². The van der Waals surface area contributed by atoms with Crippen LogP contribution in [0.25, 0.3) is 22.3 Å². The minimum Gasteiger partial charge on any atom is -0.344 e. The van der Waals surface area contributed by atoms with Crippen molar-refractivity contribution >= 4 is 17.2 Å². The molecule has 2 heteroatoms. The van der Waals surface area contributed by atoms with Gasteiger partial charge in [0.05, 0.1) is 0 Å². The fourth-order valence-electron chi connectivity index (χ4n) is 5.91. The van der Waals surface area contributed by atoms with E-state index in [1.165, 1.54) is 27.8 Å². The number of carbonyl (C=O) groups excluding carboxylic acids is 1. The van der Waals surface area contributed by atoms with Gasteiger partial charge in [0.1, 0.15) is 0 Å². The molecule has 5 aromatic carbocycles. The quantitative estimate of drug-likeness (QED) is 0.212. The Morgan fingerprint density at radius 2 is 1.15 bits per heavy atom. The molecule has 0 spiro atoms. The molecule has 0 heterocycles. The van der Waals surface area contributed by atoms with Crippen LogP contribution in [0, 0.1) is 34.6 Å². The fourth-order valence-corrected chi connectivity index (χ4v) is 5.91. The first kappa shape index (κ1) is 26.2. The largest absolute Gasteiger partial charge is 0.344 e. The number of nitrogens with zero attached hydrogens (tertiary/aromatic N) is 1. The second kappa shape index (κ2) is 10.7. The minimum atomic E-state index is 0.0622.